The van der Waals surface area contributed by atoms with Crippen molar-refractivity contribution >= 4 is 27.5 Å². The van der Waals surface area contributed by atoms with Crippen molar-refractivity contribution in [1.29, 1.82) is 0 Å². The van der Waals surface area contributed by atoms with E-state index < -0.39 is 28.5 Å². The first kappa shape index (κ1) is 18.5. The number of rotatable bonds is 4. The van der Waals surface area contributed by atoms with Crippen LogP contribution in [0.3, 0.4) is 0 Å². The van der Waals surface area contributed by atoms with Gasteiger partial charge in [0.25, 0.3) is 15.9 Å². The van der Waals surface area contributed by atoms with Gasteiger partial charge in [-0.3, -0.25) is 9.17 Å². The molecule has 26 heavy (non-hydrogen) atoms. The highest BCUT2D eigenvalue weighted by atomic mass is 35.5. The standard InChI is InChI=1S/C13H9ClF3N5O3S/c1-26(23,24)25-5-8-3-10(22-12(21-8)19-6-20-22)11-9(14)2-7(4-18-11)13(15,16)17/h2-4,6H,5H2,1H3. The van der Waals surface area contributed by atoms with Gasteiger partial charge in [0.05, 0.1) is 28.2 Å². The molecule has 0 amide bonds. The molecule has 8 nitrogen and oxygen atoms in total. The van der Waals surface area contributed by atoms with Gasteiger partial charge >= 0.3 is 6.18 Å². The summed E-state index contributed by atoms with van der Waals surface area (Å²) in [5.41, 5.74) is -0.670. The normalized spacial score (nSPS) is 12.7. The number of hydrogen-bond acceptors (Lipinski definition) is 7. The number of halogens is 4. The Labute approximate surface area is 149 Å². The third kappa shape index (κ3) is 3.92. The summed E-state index contributed by atoms with van der Waals surface area (Å²) in [7, 11) is -3.72. The van der Waals surface area contributed by atoms with Crippen LogP contribution < -0.4 is 0 Å². The lowest BCUT2D eigenvalue weighted by molar-refractivity contribution is -0.137. The highest BCUT2D eigenvalue weighted by molar-refractivity contribution is 7.85. The van der Waals surface area contributed by atoms with Crippen LogP contribution in [-0.2, 0) is 27.1 Å². The zero-order chi connectivity index (χ0) is 19.1. The van der Waals surface area contributed by atoms with Crippen molar-refractivity contribution < 1.29 is 25.8 Å². The summed E-state index contributed by atoms with van der Waals surface area (Å²) in [4.78, 5) is 11.7. The molecule has 0 aliphatic rings. The molecule has 13 heteroatoms. The fraction of sp³-hybridized carbons (Fsp3) is 0.231. The van der Waals surface area contributed by atoms with Crippen molar-refractivity contribution in [1.82, 2.24) is 24.6 Å². The van der Waals surface area contributed by atoms with Crippen LogP contribution >= 0.6 is 11.6 Å². The second kappa shape index (κ2) is 6.45. The smallest absolute Gasteiger partial charge is 0.264 e. The molecule has 0 saturated carbocycles. The van der Waals surface area contributed by atoms with Crippen molar-refractivity contribution in [3.63, 3.8) is 0 Å². The lowest BCUT2D eigenvalue weighted by Gasteiger charge is -2.11. The van der Waals surface area contributed by atoms with E-state index in [-0.39, 0.29) is 27.9 Å². The molecule has 0 radical (unpaired) electrons. The summed E-state index contributed by atoms with van der Waals surface area (Å²) in [6, 6.07) is 2.09. The third-order valence-corrected chi connectivity index (χ3v) is 3.97. The van der Waals surface area contributed by atoms with Crippen LogP contribution in [0, 0.1) is 0 Å². The summed E-state index contributed by atoms with van der Waals surface area (Å²) in [5.74, 6) is 0.0763. The topological polar surface area (TPSA) is 99.3 Å². The van der Waals surface area contributed by atoms with Crippen LogP contribution in [0.25, 0.3) is 17.2 Å². The van der Waals surface area contributed by atoms with Gasteiger partial charge in [0, 0.05) is 6.20 Å². The molecule has 138 valence electrons. The molecule has 0 unspecified atom stereocenters. The van der Waals surface area contributed by atoms with Crippen LogP contribution in [0.1, 0.15) is 11.3 Å². The molecule has 0 aromatic carbocycles. The van der Waals surface area contributed by atoms with E-state index in [1.807, 2.05) is 0 Å². The van der Waals surface area contributed by atoms with Crippen molar-refractivity contribution in [2.75, 3.05) is 6.26 Å². The number of nitrogens with zero attached hydrogens (tertiary/aromatic N) is 5. The Bertz CT molecular complexity index is 1080. The van der Waals surface area contributed by atoms with Crippen LogP contribution in [0.4, 0.5) is 13.2 Å². The van der Waals surface area contributed by atoms with E-state index in [4.69, 9.17) is 11.6 Å². The van der Waals surface area contributed by atoms with E-state index in [1.165, 1.54) is 16.9 Å². The van der Waals surface area contributed by atoms with Gasteiger partial charge in [-0.15, -0.1) is 0 Å². The van der Waals surface area contributed by atoms with Crippen molar-refractivity contribution in [2.24, 2.45) is 0 Å². The highest BCUT2D eigenvalue weighted by Crippen LogP contribution is 2.34. The highest BCUT2D eigenvalue weighted by Gasteiger charge is 2.32. The van der Waals surface area contributed by atoms with E-state index in [0.29, 0.717) is 6.20 Å². The molecule has 0 aliphatic heterocycles. The number of hydrogen-bond donors (Lipinski definition) is 0. The third-order valence-electron chi connectivity index (χ3n) is 3.14. The summed E-state index contributed by atoms with van der Waals surface area (Å²) in [6.07, 6.45) is -1.91. The lowest BCUT2D eigenvalue weighted by atomic mass is 10.2. The molecule has 0 spiro atoms. The summed E-state index contributed by atoms with van der Waals surface area (Å²) in [5, 5.41) is 3.65. The molecular weight excluding hydrogens is 399 g/mol. The number of aromatic nitrogens is 5. The van der Waals surface area contributed by atoms with Crippen molar-refractivity contribution in [3.05, 3.63) is 40.9 Å². The molecule has 0 saturated heterocycles. The van der Waals surface area contributed by atoms with Gasteiger partial charge in [-0.2, -0.15) is 36.2 Å². The summed E-state index contributed by atoms with van der Waals surface area (Å²) >= 11 is 5.97. The molecule has 0 bridgehead atoms. The minimum atomic E-state index is -4.59. The SMILES string of the molecule is CS(=O)(=O)OCc1cc(-c2ncc(C(F)(F)F)cc2Cl)n2ncnc2n1. The van der Waals surface area contributed by atoms with Crippen LogP contribution in [0.5, 0.6) is 0 Å². The first-order valence-electron chi connectivity index (χ1n) is 6.82. The lowest BCUT2D eigenvalue weighted by Crippen LogP contribution is -2.08. The molecule has 0 N–H and O–H groups in total. The van der Waals surface area contributed by atoms with Crippen LogP contribution in [0.15, 0.2) is 24.7 Å². The average molecular weight is 408 g/mol. The van der Waals surface area contributed by atoms with Crippen LogP contribution in [-0.4, -0.2) is 39.2 Å². The molecule has 3 aromatic rings. The number of fused-ring (bicyclic) bond motifs is 1. The molecule has 0 aliphatic carbocycles. The Morgan fingerprint density at radius 1 is 1.27 bits per heavy atom. The molecule has 3 heterocycles. The molecular formula is C13H9ClF3N5O3S. The predicted molar refractivity (Wildman–Crippen MR) is 83.7 cm³/mol. The van der Waals surface area contributed by atoms with Gasteiger partial charge in [0.1, 0.15) is 18.6 Å². The largest absolute Gasteiger partial charge is 0.417 e. The fourth-order valence-corrected chi connectivity index (χ4v) is 2.65. The monoisotopic (exact) mass is 407 g/mol. The zero-order valence-electron chi connectivity index (χ0n) is 12.9. The Hall–Kier alpha value is -2.31. The minimum Gasteiger partial charge on any atom is -0.264 e. The minimum absolute atomic E-state index is 0.00169. The van der Waals surface area contributed by atoms with Gasteiger partial charge < -0.3 is 0 Å². The average Bonchev–Trinajstić information content (AvgIpc) is 2.99. The van der Waals surface area contributed by atoms with E-state index in [1.54, 1.807) is 0 Å². The van der Waals surface area contributed by atoms with Gasteiger partial charge in [-0.1, -0.05) is 11.6 Å². The summed E-state index contributed by atoms with van der Waals surface area (Å²) < 4.78 is 66.5. The van der Waals surface area contributed by atoms with Gasteiger partial charge in [0.15, 0.2) is 0 Å². The number of pyridine rings is 1. The summed E-state index contributed by atoms with van der Waals surface area (Å²) in [6.45, 7) is -0.395. The van der Waals surface area contributed by atoms with E-state index in [0.717, 1.165) is 12.3 Å². The van der Waals surface area contributed by atoms with Crippen molar-refractivity contribution in [2.45, 2.75) is 12.8 Å². The zero-order valence-corrected chi connectivity index (χ0v) is 14.5. The Morgan fingerprint density at radius 3 is 2.62 bits per heavy atom. The van der Waals surface area contributed by atoms with Gasteiger partial charge in [0.2, 0.25) is 0 Å². The Morgan fingerprint density at radius 2 is 2.00 bits per heavy atom. The Kier molecular flexibility index (Phi) is 4.58. The first-order chi connectivity index (χ1) is 12.0. The Balaban J connectivity index is 2.11. The molecule has 0 fully saturated rings. The van der Waals surface area contributed by atoms with E-state index in [9.17, 15) is 21.6 Å². The molecule has 0 atom stereocenters. The van der Waals surface area contributed by atoms with Crippen molar-refractivity contribution in [3.8, 4) is 11.4 Å². The second-order valence-electron chi connectivity index (χ2n) is 5.12. The molecule has 3 aromatic heterocycles. The second-order valence-corrected chi connectivity index (χ2v) is 7.17. The maximum atomic E-state index is 12.8. The van der Waals surface area contributed by atoms with Crippen LogP contribution in [0.2, 0.25) is 5.02 Å². The molecule has 3 rings (SSSR count). The van der Waals surface area contributed by atoms with E-state index >= 15 is 0 Å². The maximum Gasteiger partial charge on any atom is 0.417 e. The van der Waals surface area contributed by atoms with E-state index in [2.05, 4.69) is 24.2 Å². The first-order valence-corrected chi connectivity index (χ1v) is 9.01. The fourth-order valence-electron chi connectivity index (χ4n) is 2.05. The maximum absolute atomic E-state index is 12.8. The van der Waals surface area contributed by atoms with Gasteiger partial charge in [-0.05, 0) is 12.1 Å². The number of alkyl halides is 3. The quantitative estimate of drug-likeness (QED) is 0.612. The van der Waals surface area contributed by atoms with Gasteiger partial charge in [-0.25, -0.2) is 4.98 Å². The predicted octanol–water partition coefficient (Wildman–Crippen LogP) is 2.33.